The Bertz CT molecular complexity index is 707. The summed E-state index contributed by atoms with van der Waals surface area (Å²) >= 11 is 1.52. The maximum atomic E-state index is 12.2. The number of nitrogens with one attached hydrogen (secondary N) is 1. The molecule has 1 amide bonds. The van der Waals surface area contributed by atoms with E-state index < -0.39 is 0 Å². The zero-order chi connectivity index (χ0) is 15.2. The minimum Gasteiger partial charge on any atom is -0.384 e. The van der Waals surface area contributed by atoms with E-state index in [-0.39, 0.29) is 12.5 Å². The Kier molecular flexibility index (Phi) is 5.15. The molecular formula is C17H17NO2S. The minimum absolute atomic E-state index is 0.0861. The van der Waals surface area contributed by atoms with Crippen molar-refractivity contribution in [2.75, 3.05) is 11.9 Å². The number of rotatable bonds is 3. The number of thiophene rings is 1. The maximum Gasteiger partial charge on any atom is 0.265 e. The van der Waals surface area contributed by atoms with Crippen molar-refractivity contribution in [1.29, 1.82) is 0 Å². The fraction of sp³-hybridized carbons (Fsp3) is 0.235. The third-order valence-electron chi connectivity index (χ3n) is 3.02. The van der Waals surface area contributed by atoms with Crippen LogP contribution in [-0.4, -0.2) is 17.6 Å². The number of anilines is 1. The molecule has 0 aliphatic heterocycles. The molecule has 0 aliphatic rings. The van der Waals surface area contributed by atoms with Gasteiger partial charge < -0.3 is 10.4 Å². The van der Waals surface area contributed by atoms with Crippen LogP contribution in [0.5, 0.6) is 0 Å². The molecule has 4 heteroatoms. The fourth-order valence-corrected chi connectivity index (χ4v) is 2.74. The highest BCUT2D eigenvalue weighted by Crippen LogP contribution is 2.21. The molecule has 21 heavy (non-hydrogen) atoms. The van der Waals surface area contributed by atoms with Crippen LogP contribution in [0.15, 0.2) is 30.3 Å². The van der Waals surface area contributed by atoms with Crippen LogP contribution in [0.25, 0.3) is 0 Å². The number of hydrogen-bond donors (Lipinski definition) is 2. The van der Waals surface area contributed by atoms with Crippen molar-refractivity contribution in [2.45, 2.75) is 20.3 Å². The van der Waals surface area contributed by atoms with Crippen LogP contribution < -0.4 is 5.32 Å². The topological polar surface area (TPSA) is 49.3 Å². The molecule has 0 unspecified atom stereocenters. The lowest BCUT2D eigenvalue weighted by molar-refractivity contribution is 0.103. The lowest BCUT2D eigenvalue weighted by atomic mass is 10.1. The predicted octanol–water partition coefficient (Wildman–Crippen LogP) is 3.22. The van der Waals surface area contributed by atoms with Gasteiger partial charge in [-0.1, -0.05) is 18.8 Å². The SMILES string of the molecule is CCc1ccc(C(=O)Nc2ccc(C#CCO)cc2C)s1. The molecule has 0 bridgehead atoms. The summed E-state index contributed by atoms with van der Waals surface area (Å²) in [6, 6.07) is 9.40. The van der Waals surface area contributed by atoms with Gasteiger partial charge in [-0.15, -0.1) is 11.3 Å². The summed E-state index contributed by atoms with van der Waals surface area (Å²) in [5.74, 6) is 5.37. The van der Waals surface area contributed by atoms with Gasteiger partial charge in [-0.25, -0.2) is 0 Å². The number of benzene rings is 1. The maximum absolute atomic E-state index is 12.2. The number of amides is 1. The molecular weight excluding hydrogens is 282 g/mol. The molecule has 1 aromatic heterocycles. The van der Waals surface area contributed by atoms with Crippen LogP contribution in [0.1, 0.15) is 32.6 Å². The van der Waals surface area contributed by atoms with E-state index in [9.17, 15) is 4.79 Å². The summed E-state index contributed by atoms with van der Waals surface area (Å²) in [7, 11) is 0. The Hall–Kier alpha value is -2.09. The number of aliphatic hydroxyl groups excluding tert-OH is 1. The van der Waals surface area contributed by atoms with Gasteiger partial charge in [-0.3, -0.25) is 4.79 Å². The van der Waals surface area contributed by atoms with Gasteiger partial charge in [-0.2, -0.15) is 0 Å². The molecule has 0 saturated carbocycles. The first-order chi connectivity index (χ1) is 10.1. The van der Waals surface area contributed by atoms with Gasteiger partial charge in [0, 0.05) is 16.1 Å². The van der Waals surface area contributed by atoms with Crippen LogP contribution in [0, 0.1) is 18.8 Å². The van der Waals surface area contributed by atoms with E-state index in [1.54, 1.807) is 0 Å². The number of hydrogen-bond acceptors (Lipinski definition) is 3. The molecule has 2 N–H and O–H groups in total. The highest BCUT2D eigenvalue weighted by Gasteiger charge is 2.10. The molecule has 0 atom stereocenters. The second kappa shape index (κ2) is 7.07. The first-order valence-corrected chi connectivity index (χ1v) is 7.56. The predicted molar refractivity (Wildman–Crippen MR) is 86.8 cm³/mol. The summed E-state index contributed by atoms with van der Waals surface area (Å²) in [5, 5.41) is 11.6. The largest absolute Gasteiger partial charge is 0.384 e. The molecule has 108 valence electrons. The number of aliphatic hydroxyl groups is 1. The van der Waals surface area contributed by atoms with E-state index in [2.05, 4.69) is 24.1 Å². The fourth-order valence-electron chi connectivity index (χ4n) is 1.90. The number of carbonyl (C=O) groups is 1. The summed E-state index contributed by atoms with van der Waals surface area (Å²) in [5.41, 5.74) is 2.55. The van der Waals surface area contributed by atoms with Crippen molar-refractivity contribution in [2.24, 2.45) is 0 Å². The van der Waals surface area contributed by atoms with E-state index in [1.165, 1.54) is 16.2 Å². The van der Waals surface area contributed by atoms with Crippen molar-refractivity contribution < 1.29 is 9.90 Å². The van der Waals surface area contributed by atoms with E-state index in [0.29, 0.717) is 0 Å². The first kappa shape index (κ1) is 15.3. The third kappa shape index (κ3) is 3.94. The monoisotopic (exact) mass is 299 g/mol. The van der Waals surface area contributed by atoms with Gasteiger partial charge in [0.1, 0.15) is 6.61 Å². The lowest BCUT2D eigenvalue weighted by Crippen LogP contribution is -2.11. The Balaban J connectivity index is 2.14. The second-order valence-corrected chi connectivity index (χ2v) is 5.73. The van der Waals surface area contributed by atoms with E-state index >= 15 is 0 Å². The van der Waals surface area contributed by atoms with Gasteiger partial charge in [-0.05, 0) is 49.2 Å². The standard InChI is InChI=1S/C17H17NO2S/c1-3-14-7-9-16(21-14)17(20)18-15-8-6-13(5-4-10-19)11-12(15)2/h6-9,11,19H,3,10H2,1-2H3,(H,18,20). The van der Waals surface area contributed by atoms with Gasteiger partial charge in [0.25, 0.3) is 5.91 Å². The second-order valence-electron chi connectivity index (χ2n) is 4.56. The van der Waals surface area contributed by atoms with Crippen molar-refractivity contribution >= 4 is 22.9 Å². The number of aryl methyl sites for hydroxylation is 2. The van der Waals surface area contributed by atoms with Crippen LogP contribution in [0.2, 0.25) is 0 Å². The highest BCUT2D eigenvalue weighted by molar-refractivity contribution is 7.14. The summed E-state index contributed by atoms with van der Waals surface area (Å²) in [6.45, 7) is 3.84. The molecule has 1 heterocycles. The van der Waals surface area contributed by atoms with E-state index in [4.69, 9.17) is 5.11 Å². The van der Waals surface area contributed by atoms with Crippen molar-refractivity contribution in [3.63, 3.8) is 0 Å². The quantitative estimate of drug-likeness (QED) is 0.855. The van der Waals surface area contributed by atoms with Crippen LogP contribution in [0.3, 0.4) is 0 Å². The average molecular weight is 299 g/mol. The highest BCUT2D eigenvalue weighted by atomic mass is 32.1. The Morgan fingerprint density at radius 3 is 2.76 bits per heavy atom. The zero-order valence-electron chi connectivity index (χ0n) is 12.1. The molecule has 2 rings (SSSR count). The van der Waals surface area contributed by atoms with E-state index in [0.717, 1.165) is 28.1 Å². The lowest BCUT2D eigenvalue weighted by Gasteiger charge is -2.07. The van der Waals surface area contributed by atoms with Crippen LogP contribution >= 0.6 is 11.3 Å². The minimum atomic E-state index is -0.157. The molecule has 0 saturated heterocycles. The van der Waals surface area contributed by atoms with Crippen molar-refractivity contribution in [3.05, 3.63) is 51.2 Å². The summed E-state index contributed by atoms with van der Waals surface area (Å²) in [6.07, 6.45) is 0.940. The average Bonchev–Trinajstić information content (AvgIpc) is 2.96. The molecule has 0 spiro atoms. The molecule has 0 fully saturated rings. The Labute approximate surface area is 128 Å². The molecule has 0 radical (unpaired) electrons. The Morgan fingerprint density at radius 2 is 2.14 bits per heavy atom. The van der Waals surface area contributed by atoms with Crippen molar-refractivity contribution in [1.82, 2.24) is 0 Å². The van der Waals surface area contributed by atoms with Gasteiger partial charge >= 0.3 is 0 Å². The smallest absolute Gasteiger partial charge is 0.265 e. The molecule has 0 aliphatic carbocycles. The van der Waals surface area contributed by atoms with Gasteiger partial charge in [0.05, 0.1) is 4.88 Å². The van der Waals surface area contributed by atoms with Crippen LogP contribution in [-0.2, 0) is 6.42 Å². The Morgan fingerprint density at radius 1 is 1.33 bits per heavy atom. The molecule has 1 aromatic carbocycles. The summed E-state index contributed by atoms with van der Waals surface area (Å²) in [4.78, 5) is 14.1. The molecule has 2 aromatic rings. The van der Waals surface area contributed by atoms with E-state index in [1.807, 2.05) is 37.3 Å². The summed E-state index contributed by atoms with van der Waals surface area (Å²) < 4.78 is 0. The normalized spacial score (nSPS) is 9.86. The molecule has 3 nitrogen and oxygen atoms in total. The zero-order valence-corrected chi connectivity index (χ0v) is 12.9. The first-order valence-electron chi connectivity index (χ1n) is 6.74. The third-order valence-corrected chi connectivity index (χ3v) is 4.25. The van der Waals surface area contributed by atoms with Gasteiger partial charge in [0.2, 0.25) is 0 Å². The van der Waals surface area contributed by atoms with Crippen LogP contribution in [0.4, 0.5) is 5.69 Å². The van der Waals surface area contributed by atoms with Crippen molar-refractivity contribution in [3.8, 4) is 11.8 Å². The number of carbonyl (C=O) groups excluding carboxylic acids is 1. The van der Waals surface area contributed by atoms with Gasteiger partial charge in [0.15, 0.2) is 0 Å².